The molecule has 1 saturated carbocycles. The number of carbonyl (C=O) groups is 1. The Morgan fingerprint density at radius 1 is 1.28 bits per heavy atom. The van der Waals surface area contributed by atoms with Crippen LogP contribution in [0.5, 0.6) is 5.88 Å². The van der Waals surface area contributed by atoms with E-state index in [9.17, 15) is 10.1 Å². The number of nitrogens with zero attached hydrogens (tertiary/aromatic N) is 5. The van der Waals surface area contributed by atoms with Gasteiger partial charge in [0.2, 0.25) is 5.88 Å². The van der Waals surface area contributed by atoms with Crippen molar-refractivity contribution in [3.05, 3.63) is 48.3 Å². The van der Waals surface area contributed by atoms with Gasteiger partial charge < -0.3 is 20.1 Å². The summed E-state index contributed by atoms with van der Waals surface area (Å²) in [6.07, 6.45) is 4.71. The molecule has 2 aromatic heterocycles. The van der Waals surface area contributed by atoms with Crippen molar-refractivity contribution in [2.45, 2.75) is 24.4 Å². The fourth-order valence-electron chi connectivity index (χ4n) is 3.93. The summed E-state index contributed by atoms with van der Waals surface area (Å²) >= 11 is 0. The number of primary amides is 1. The number of amides is 2. The molecule has 0 unspecified atom stereocenters. The maximum absolute atomic E-state index is 11.5. The summed E-state index contributed by atoms with van der Waals surface area (Å²) < 4.78 is 11.7. The van der Waals surface area contributed by atoms with Gasteiger partial charge in [-0.1, -0.05) is 24.3 Å². The predicted molar refractivity (Wildman–Crippen MR) is 116 cm³/mol. The summed E-state index contributed by atoms with van der Waals surface area (Å²) in [6, 6.07) is 11.7. The zero-order valence-corrected chi connectivity index (χ0v) is 17.4. The second-order valence-electron chi connectivity index (χ2n) is 8.10. The van der Waals surface area contributed by atoms with E-state index in [1.54, 1.807) is 12.4 Å². The van der Waals surface area contributed by atoms with Crippen LogP contribution in [0.3, 0.4) is 0 Å². The van der Waals surface area contributed by atoms with E-state index >= 15 is 0 Å². The molecule has 0 radical (unpaired) electrons. The van der Waals surface area contributed by atoms with Crippen molar-refractivity contribution in [3.63, 3.8) is 0 Å². The molecule has 3 aromatic rings. The zero-order chi connectivity index (χ0) is 22.1. The largest absolute Gasteiger partial charge is 0.473 e. The zero-order valence-electron chi connectivity index (χ0n) is 17.4. The molecule has 1 atom stereocenters. The van der Waals surface area contributed by atoms with Gasteiger partial charge in [-0.05, 0) is 24.5 Å². The Bertz CT molecular complexity index is 1200. The maximum atomic E-state index is 11.5. The van der Waals surface area contributed by atoms with Crippen LogP contribution in [0.2, 0.25) is 0 Å². The number of hydrogen-bond donors (Lipinski definition) is 1. The molecule has 2 N–H and O–H groups in total. The van der Waals surface area contributed by atoms with Crippen molar-refractivity contribution in [1.29, 1.82) is 5.26 Å². The summed E-state index contributed by atoms with van der Waals surface area (Å²) in [7, 11) is 0. The molecule has 2 amide bonds. The number of rotatable bonds is 5. The van der Waals surface area contributed by atoms with E-state index in [0.29, 0.717) is 42.3 Å². The number of aromatic nitrogens is 3. The van der Waals surface area contributed by atoms with Gasteiger partial charge in [-0.15, -0.1) is 0 Å². The van der Waals surface area contributed by atoms with Crippen molar-refractivity contribution in [3.8, 4) is 23.2 Å². The van der Waals surface area contributed by atoms with Crippen molar-refractivity contribution in [2.24, 2.45) is 5.73 Å². The lowest BCUT2D eigenvalue weighted by Crippen LogP contribution is -2.49. The summed E-state index contributed by atoms with van der Waals surface area (Å²) in [4.78, 5) is 26.5. The van der Waals surface area contributed by atoms with E-state index in [4.69, 9.17) is 15.2 Å². The number of nitrogens with two attached hydrogens (primary N) is 1. The quantitative estimate of drug-likeness (QED) is 0.658. The van der Waals surface area contributed by atoms with Crippen LogP contribution in [0.25, 0.3) is 22.3 Å². The second kappa shape index (κ2) is 8.05. The van der Waals surface area contributed by atoms with Crippen molar-refractivity contribution < 1.29 is 14.3 Å². The van der Waals surface area contributed by atoms with Crippen molar-refractivity contribution in [2.75, 3.05) is 26.3 Å². The lowest BCUT2D eigenvalue weighted by atomic mass is 9.96. The average molecular weight is 430 g/mol. The molecule has 9 nitrogen and oxygen atoms in total. The Hall–Kier alpha value is -3.77. The Labute approximate surface area is 184 Å². The van der Waals surface area contributed by atoms with Crippen LogP contribution < -0.4 is 10.5 Å². The van der Waals surface area contributed by atoms with Gasteiger partial charge in [0.25, 0.3) is 0 Å². The summed E-state index contributed by atoms with van der Waals surface area (Å²) in [5, 5.41) is 9.43. The van der Waals surface area contributed by atoms with Crippen LogP contribution in [-0.2, 0) is 10.2 Å². The summed E-state index contributed by atoms with van der Waals surface area (Å²) in [6.45, 7) is 1.44. The van der Waals surface area contributed by atoms with Crippen LogP contribution in [-0.4, -0.2) is 58.3 Å². The summed E-state index contributed by atoms with van der Waals surface area (Å²) in [5.74, 6) is 0.352. The van der Waals surface area contributed by atoms with E-state index in [0.717, 1.165) is 24.0 Å². The van der Waals surface area contributed by atoms with Crippen LogP contribution in [0.15, 0.2) is 42.7 Å². The third kappa shape index (κ3) is 3.81. The first kappa shape index (κ1) is 20.2. The molecule has 9 heteroatoms. The molecule has 3 heterocycles. The van der Waals surface area contributed by atoms with Gasteiger partial charge in [0.15, 0.2) is 5.52 Å². The molecular weight excluding hydrogens is 408 g/mol. The SMILES string of the molecule is N#CC1(c2ccc(-c3cc4nccnc4c(OC[C@@H]4CN(C(N)=O)CCO4)n3)cc2)CC1. The monoisotopic (exact) mass is 430 g/mol. The number of ether oxygens (including phenoxy) is 2. The fraction of sp³-hybridized carbons (Fsp3) is 0.348. The number of morpholine rings is 1. The molecule has 0 bridgehead atoms. The number of fused-ring (bicyclic) bond motifs is 1. The van der Waals surface area contributed by atoms with Crippen molar-refractivity contribution >= 4 is 17.1 Å². The van der Waals surface area contributed by atoms with Crippen LogP contribution >= 0.6 is 0 Å². The minimum atomic E-state index is -0.470. The number of benzene rings is 1. The first-order chi connectivity index (χ1) is 15.6. The smallest absolute Gasteiger partial charge is 0.314 e. The molecule has 1 saturated heterocycles. The highest BCUT2D eigenvalue weighted by atomic mass is 16.5. The van der Waals surface area contributed by atoms with Gasteiger partial charge in [-0.2, -0.15) is 5.26 Å². The van der Waals surface area contributed by atoms with E-state index < -0.39 is 6.03 Å². The molecule has 1 aliphatic carbocycles. The molecule has 162 valence electrons. The van der Waals surface area contributed by atoms with Gasteiger partial charge in [-0.25, -0.2) is 14.8 Å². The topological polar surface area (TPSA) is 127 Å². The predicted octanol–water partition coefficient (Wildman–Crippen LogP) is 2.41. The molecule has 0 spiro atoms. The standard InChI is InChI=1S/C23H22N6O3/c24-14-23(5-6-23)16-3-1-15(2-4-16)18-11-19-20(27-8-7-26-19)21(28-18)32-13-17-12-29(22(25)30)9-10-31-17/h1-4,7-8,11,17H,5-6,9-10,12-13H2,(H2,25,30)/t17-/m0/s1. The molecule has 1 aromatic carbocycles. The second-order valence-corrected chi connectivity index (χ2v) is 8.10. The van der Waals surface area contributed by atoms with E-state index in [1.807, 2.05) is 30.3 Å². The summed E-state index contributed by atoms with van der Waals surface area (Å²) in [5.41, 5.74) is 8.91. The number of nitriles is 1. The van der Waals surface area contributed by atoms with Gasteiger partial charge in [0.05, 0.1) is 35.8 Å². The average Bonchev–Trinajstić information content (AvgIpc) is 3.64. The van der Waals surface area contributed by atoms with Crippen LogP contribution in [0, 0.1) is 11.3 Å². The van der Waals surface area contributed by atoms with Crippen molar-refractivity contribution in [1.82, 2.24) is 19.9 Å². The maximum Gasteiger partial charge on any atom is 0.314 e. The lowest BCUT2D eigenvalue weighted by Gasteiger charge is -2.31. The number of hydrogen-bond acceptors (Lipinski definition) is 7. The van der Waals surface area contributed by atoms with E-state index in [2.05, 4.69) is 21.0 Å². The van der Waals surface area contributed by atoms with Gasteiger partial charge >= 0.3 is 6.03 Å². The molecule has 32 heavy (non-hydrogen) atoms. The Morgan fingerprint density at radius 3 is 2.78 bits per heavy atom. The first-order valence-electron chi connectivity index (χ1n) is 10.5. The Morgan fingerprint density at radius 2 is 2.06 bits per heavy atom. The van der Waals surface area contributed by atoms with Crippen LogP contribution in [0.4, 0.5) is 4.79 Å². The van der Waals surface area contributed by atoms with Gasteiger partial charge in [0, 0.05) is 24.5 Å². The van der Waals surface area contributed by atoms with E-state index in [1.165, 1.54) is 4.90 Å². The number of pyridine rings is 1. The fourth-order valence-corrected chi connectivity index (χ4v) is 3.93. The van der Waals surface area contributed by atoms with Gasteiger partial charge in [-0.3, -0.25) is 4.98 Å². The lowest BCUT2D eigenvalue weighted by molar-refractivity contribution is -0.0346. The highest BCUT2D eigenvalue weighted by Gasteiger charge is 2.44. The molecule has 1 aliphatic heterocycles. The van der Waals surface area contributed by atoms with Gasteiger partial charge in [0.1, 0.15) is 12.7 Å². The molecule has 5 rings (SSSR count). The number of carbonyl (C=O) groups excluding carboxylic acids is 1. The Kier molecular flexibility index (Phi) is 5.07. The highest BCUT2D eigenvalue weighted by molar-refractivity contribution is 5.83. The first-order valence-corrected chi connectivity index (χ1v) is 10.5. The number of urea groups is 1. The third-order valence-electron chi connectivity index (χ3n) is 5.98. The minimum absolute atomic E-state index is 0.204. The third-order valence-corrected chi connectivity index (χ3v) is 5.98. The minimum Gasteiger partial charge on any atom is -0.473 e. The highest BCUT2D eigenvalue weighted by Crippen LogP contribution is 2.47. The van der Waals surface area contributed by atoms with Crippen LogP contribution in [0.1, 0.15) is 18.4 Å². The molecule has 2 fully saturated rings. The molecule has 2 aliphatic rings. The van der Waals surface area contributed by atoms with E-state index in [-0.39, 0.29) is 18.1 Å². The normalized spacial score (nSPS) is 19.3. The Balaban J connectivity index is 1.41. The molecular formula is C23H22N6O3.